The molecule has 216 valence electrons. The molecular formula is C27H33N3O7S3. The molecule has 0 spiro atoms. The van der Waals surface area contributed by atoms with Crippen LogP contribution in [-0.4, -0.2) is 75.9 Å². The van der Waals surface area contributed by atoms with Crippen LogP contribution in [-0.2, 0) is 20.0 Å². The maximum Gasteiger partial charge on any atom is 0.262 e. The van der Waals surface area contributed by atoms with Crippen molar-refractivity contribution in [1.82, 2.24) is 9.21 Å². The third kappa shape index (κ3) is 6.18. The molecule has 2 N–H and O–H groups in total. The smallest absolute Gasteiger partial charge is 0.262 e. The minimum Gasteiger partial charge on any atom is -0.486 e. The van der Waals surface area contributed by atoms with Crippen molar-refractivity contribution in [2.24, 2.45) is 5.92 Å². The van der Waals surface area contributed by atoms with Gasteiger partial charge in [-0.2, -0.15) is 4.31 Å². The first-order valence-electron chi connectivity index (χ1n) is 12.7. The first-order valence-corrected chi connectivity index (χ1v) is 16.5. The number of para-hydroxylation sites is 1. The monoisotopic (exact) mass is 607 g/mol. The van der Waals surface area contributed by atoms with E-state index in [1.807, 2.05) is 13.8 Å². The van der Waals surface area contributed by atoms with Crippen LogP contribution in [0, 0.1) is 12.8 Å². The van der Waals surface area contributed by atoms with Gasteiger partial charge in [-0.1, -0.05) is 36.8 Å². The number of likely N-dealkylation sites (N-methyl/N-ethyl adjacent to an activating group) is 1. The topological polar surface area (TPSA) is 133 Å². The van der Waals surface area contributed by atoms with E-state index in [0.29, 0.717) is 0 Å². The molecule has 0 radical (unpaired) electrons. The molecular weight excluding hydrogens is 575 g/mol. The van der Waals surface area contributed by atoms with Crippen molar-refractivity contribution in [1.29, 1.82) is 0 Å². The molecule has 0 aliphatic carbocycles. The van der Waals surface area contributed by atoms with E-state index < -0.39 is 38.1 Å². The van der Waals surface area contributed by atoms with Crippen LogP contribution in [0.2, 0.25) is 0 Å². The maximum atomic E-state index is 13.7. The number of fused-ring (bicyclic) bond motifs is 1. The van der Waals surface area contributed by atoms with E-state index in [0.717, 1.165) is 16.9 Å². The predicted molar refractivity (Wildman–Crippen MR) is 154 cm³/mol. The highest BCUT2D eigenvalue weighted by Gasteiger charge is 2.36. The molecule has 10 nitrogen and oxygen atoms in total. The molecule has 4 rings (SSSR count). The lowest BCUT2D eigenvalue weighted by Crippen LogP contribution is -2.50. The Balaban J connectivity index is 1.76. The van der Waals surface area contributed by atoms with Crippen LogP contribution < -0.4 is 9.46 Å². The normalized spacial score (nSPS) is 18.9. The molecule has 3 atom stereocenters. The number of nitrogens with zero attached hydrogens (tertiary/aromatic N) is 2. The Morgan fingerprint density at radius 2 is 1.82 bits per heavy atom. The molecule has 1 aliphatic rings. The van der Waals surface area contributed by atoms with Crippen molar-refractivity contribution in [2.45, 2.75) is 42.0 Å². The molecule has 0 unspecified atom stereocenters. The fourth-order valence-corrected chi connectivity index (χ4v) is 7.82. The Morgan fingerprint density at radius 1 is 1.12 bits per heavy atom. The number of carbonyl (C=O) groups excluding carboxylic acids is 1. The predicted octanol–water partition coefficient (Wildman–Crippen LogP) is 3.40. The number of nitrogens with one attached hydrogen (secondary N) is 1. The summed E-state index contributed by atoms with van der Waals surface area (Å²) in [6, 6.07) is 13.5. The number of aliphatic hydroxyl groups is 1. The second-order valence-corrected chi connectivity index (χ2v) is 14.8. The van der Waals surface area contributed by atoms with Gasteiger partial charge in [0, 0.05) is 19.5 Å². The zero-order valence-electron chi connectivity index (χ0n) is 22.6. The minimum atomic E-state index is -4.04. The number of ether oxygens (including phenoxy) is 1. The van der Waals surface area contributed by atoms with Crippen molar-refractivity contribution in [3.8, 4) is 5.75 Å². The van der Waals surface area contributed by atoms with E-state index in [4.69, 9.17) is 4.74 Å². The first kappa shape index (κ1) is 30.0. The van der Waals surface area contributed by atoms with Gasteiger partial charge in [0.15, 0.2) is 5.75 Å². The third-order valence-corrected chi connectivity index (χ3v) is 11.4. The van der Waals surface area contributed by atoms with Gasteiger partial charge in [0.05, 0.1) is 35.3 Å². The Kier molecular flexibility index (Phi) is 8.90. The molecule has 0 fully saturated rings. The SMILES string of the molecule is Cc1ccc(S(=O)(=O)Nc2cccc3c2O[C@H](CN(C)S(=O)(=O)c2cccs2)[C@@H](C)CN([C@@H](C)CO)C3=O)cc1. The number of anilines is 1. The zero-order chi connectivity index (χ0) is 29.2. The van der Waals surface area contributed by atoms with Gasteiger partial charge in [0.25, 0.3) is 26.0 Å². The van der Waals surface area contributed by atoms with Gasteiger partial charge < -0.3 is 14.7 Å². The molecule has 0 bridgehead atoms. The summed E-state index contributed by atoms with van der Waals surface area (Å²) in [6.07, 6.45) is -0.759. The summed E-state index contributed by atoms with van der Waals surface area (Å²) in [4.78, 5) is 15.2. The van der Waals surface area contributed by atoms with Crippen LogP contribution >= 0.6 is 11.3 Å². The fourth-order valence-electron chi connectivity index (χ4n) is 4.38. The van der Waals surface area contributed by atoms with E-state index in [1.54, 1.807) is 36.6 Å². The number of aryl methyl sites for hydroxylation is 1. The summed E-state index contributed by atoms with van der Waals surface area (Å²) in [5.41, 5.74) is 1.05. The Labute approximate surface area is 239 Å². The van der Waals surface area contributed by atoms with Crippen LogP contribution in [0.3, 0.4) is 0 Å². The van der Waals surface area contributed by atoms with E-state index in [-0.39, 0.29) is 51.7 Å². The molecule has 0 saturated carbocycles. The van der Waals surface area contributed by atoms with Gasteiger partial charge in [-0.3, -0.25) is 9.52 Å². The number of carbonyl (C=O) groups is 1. The molecule has 0 saturated heterocycles. The maximum absolute atomic E-state index is 13.7. The van der Waals surface area contributed by atoms with E-state index in [9.17, 15) is 26.7 Å². The second kappa shape index (κ2) is 11.9. The van der Waals surface area contributed by atoms with Crippen LogP contribution in [0.15, 0.2) is 69.1 Å². The summed E-state index contributed by atoms with van der Waals surface area (Å²) in [7, 11) is -6.39. The van der Waals surface area contributed by atoms with Crippen molar-refractivity contribution >= 4 is 43.0 Å². The Bertz CT molecular complexity index is 1560. The van der Waals surface area contributed by atoms with Gasteiger partial charge >= 0.3 is 0 Å². The number of aliphatic hydroxyl groups excluding tert-OH is 1. The lowest BCUT2D eigenvalue weighted by atomic mass is 9.99. The zero-order valence-corrected chi connectivity index (χ0v) is 25.1. The molecule has 1 aliphatic heterocycles. The van der Waals surface area contributed by atoms with E-state index in [1.165, 1.54) is 46.6 Å². The third-order valence-electron chi connectivity index (χ3n) is 6.86. The second-order valence-electron chi connectivity index (χ2n) is 9.94. The summed E-state index contributed by atoms with van der Waals surface area (Å²) in [5, 5.41) is 11.6. The molecule has 13 heteroatoms. The van der Waals surface area contributed by atoms with Crippen molar-refractivity contribution < 1.29 is 31.5 Å². The highest BCUT2D eigenvalue weighted by molar-refractivity contribution is 7.92. The van der Waals surface area contributed by atoms with E-state index in [2.05, 4.69) is 4.72 Å². The van der Waals surface area contributed by atoms with Crippen LogP contribution in [0.1, 0.15) is 29.8 Å². The highest BCUT2D eigenvalue weighted by atomic mass is 32.2. The van der Waals surface area contributed by atoms with Gasteiger partial charge in [-0.25, -0.2) is 16.8 Å². The lowest BCUT2D eigenvalue weighted by molar-refractivity contribution is 0.0389. The average Bonchev–Trinajstić information content (AvgIpc) is 3.47. The largest absolute Gasteiger partial charge is 0.486 e. The average molecular weight is 608 g/mol. The van der Waals surface area contributed by atoms with Crippen molar-refractivity contribution in [3.63, 3.8) is 0 Å². The molecule has 3 aromatic rings. The van der Waals surface area contributed by atoms with E-state index >= 15 is 0 Å². The van der Waals surface area contributed by atoms with Gasteiger partial charge in [-0.05, 0) is 49.6 Å². The van der Waals surface area contributed by atoms with Crippen molar-refractivity contribution in [3.05, 3.63) is 71.1 Å². The molecule has 2 heterocycles. The standard InChI is InChI=1S/C27H33N3O7S3/c1-18-10-12-21(13-11-18)39(33,34)28-23-8-5-7-22-26(23)37-24(19(2)15-30(27(22)32)20(3)17-31)16-29(4)40(35,36)25-9-6-14-38-25/h5-14,19-20,24,28,31H,15-17H2,1-4H3/t19-,20-,24+/m0/s1. The number of amides is 1. The molecule has 1 aromatic heterocycles. The summed E-state index contributed by atoms with van der Waals surface area (Å²) in [6.45, 7) is 5.22. The van der Waals surface area contributed by atoms with Crippen LogP contribution in [0.4, 0.5) is 5.69 Å². The number of hydrogen-bond donors (Lipinski definition) is 2. The number of thiophene rings is 1. The molecule has 2 aromatic carbocycles. The number of hydrogen-bond acceptors (Lipinski definition) is 8. The Morgan fingerprint density at radius 3 is 2.45 bits per heavy atom. The number of rotatable bonds is 9. The summed E-state index contributed by atoms with van der Waals surface area (Å²) in [5.74, 6) is -0.816. The van der Waals surface area contributed by atoms with Crippen LogP contribution in [0.25, 0.3) is 0 Å². The first-order chi connectivity index (χ1) is 18.8. The minimum absolute atomic E-state index is 0.00296. The number of benzene rings is 2. The molecule has 1 amide bonds. The fraction of sp³-hybridized carbons (Fsp3) is 0.370. The highest BCUT2D eigenvalue weighted by Crippen LogP contribution is 2.36. The van der Waals surface area contributed by atoms with Gasteiger partial charge in [-0.15, -0.1) is 11.3 Å². The van der Waals surface area contributed by atoms with Gasteiger partial charge in [0.1, 0.15) is 10.3 Å². The summed E-state index contributed by atoms with van der Waals surface area (Å²) < 4.78 is 63.1. The Hall–Kier alpha value is -2.97. The lowest BCUT2D eigenvalue weighted by Gasteiger charge is -2.38. The van der Waals surface area contributed by atoms with Crippen LogP contribution in [0.5, 0.6) is 5.75 Å². The van der Waals surface area contributed by atoms with Gasteiger partial charge in [0.2, 0.25) is 0 Å². The number of sulfonamides is 2. The van der Waals surface area contributed by atoms with Crippen molar-refractivity contribution in [2.75, 3.05) is 31.5 Å². The quantitative estimate of drug-likeness (QED) is 0.381. The summed E-state index contributed by atoms with van der Waals surface area (Å²) >= 11 is 1.10. The molecule has 40 heavy (non-hydrogen) atoms.